The Hall–Kier alpha value is -1.55. The van der Waals surface area contributed by atoms with Crippen LogP contribution in [0.2, 0.25) is 0 Å². The Labute approximate surface area is 114 Å². The molecule has 1 amide bonds. The lowest BCUT2D eigenvalue weighted by Crippen LogP contribution is -2.31. The van der Waals surface area contributed by atoms with Crippen molar-refractivity contribution < 1.29 is 9.53 Å². The van der Waals surface area contributed by atoms with Crippen molar-refractivity contribution in [3.05, 3.63) is 29.8 Å². The summed E-state index contributed by atoms with van der Waals surface area (Å²) in [5.74, 6) is 1.31. The quantitative estimate of drug-likeness (QED) is 0.851. The summed E-state index contributed by atoms with van der Waals surface area (Å²) in [5.41, 5.74) is 0.607. The van der Waals surface area contributed by atoms with Gasteiger partial charge in [0.2, 0.25) is 0 Å². The molecule has 2 N–H and O–H groups in total. The zero-order valence-electron chi connectivity index (χ0n) is 11.4. The molecular weight excluding hydrogens is 240 g/mol. The van der Waals surface area contributed by atoms with Crippen LogP contribution in [0.1, 0.15) is 29.6 Å². The molecular formula is C15H22N2O2. The fourth-order valence-electron chi connectivity index (χ4n) is 2.49. The molecule has 1 aromatic carbocycles. The van der Waals surface area contributed by atoms with Crippen LogP contribution in [0.4, 0.5) is 0 Å². The molecule has 0 bridgehead atoms. The largest absolute Gasteiger partial charge is 0.496 e. The normalized spacial score (nSPS) is 16.1. The molecule has 1 fully saturated rings. The topological polar surface area (TPSA) is 50.4 Å². The Bertz CT molecular complexity index is 414. The number of carbonyl (C=O) groups is 1. The molecule has 2 rings (SSSR count). The van der Waals surface area contributed by atoms with Gasteiger partial charge in [0.1, 0.15) is 5.75 Å². The first-order valence-electron chi connectivity index (χ1n) is 6.93. The van der Waals surface area contributed by atoms with Crippen LogP contribution < -0.4 is 15.4 Å². The SMILES string of the molecule is COc1ccccc1C(=O)NCCC1CCNCC1. The van der Waals surface area contributed by atoms with Crippen LogP contribution in [0, 0.1) is 5.92 Å². The molecule has 0 atom stereocenters. The molecule has 1 aliphatic heterocycles. The number of hydrogen-bond acceptors (Lipinski definition) is 3. The summed E-state index contributed by atoms with van der Waals surface area (Å²) in [6.07, 6.45) is 3.48. The maximum atomic E-state index is 12.1. The number of amides is 1. The van der Waals surface area contributed by atoms with E-state index in [0.29, 0.717) is 11.3 Å². The zero-order valence-corrected chi connectivity index (χ0v) is 11.4. The van der Waals surface area contributed by atoms with Crippen molar-refractivity contribution in [3.63, 3.8) is 0 Å². The number of rotatable bonds is 5. The molecule has 0 aromatic heterocycles. The lowest BCUT2D eigenvalue weighted by molar-refractivity contribution is 0.0947. The molecule has 104 valence electrons. The molecule has 1 aromatic rings. The van der Waals surface area contributed by atoms with Crippen molar-refractivity contribution in [2.75, 3.05) is 26.7 Å². The van der Waals surface area contributed by atoms with Crippen LogP contribution in [0.3, 0.4) is 0 Å². The smallest absolute Gasteiger partial charge is 0.255 e. The van der Waals surface area contributed by atoms with E-state index in [1.165, 1.54) is 12.8 Å². The van der Waals surface area contributed by atoms with Crippen LogP contribution in [-0.4, -0.2) is 32.7 Å². The number of benzene rings is 1. The summed E-state index contributed by atoms with van der Waals surface area (Å²) in [6, 6.07) is 7.31. The van der Waals surface area contributed by atoms with Gasteiger partial charge >= 0.3 is 0 Å². The van der Waals surface area contributed by atoms with Gasteiger partial charge in [0.25, 0.3) is 5.91 Å². The van der Waals surface area contributed by atoms with Crippen LogP contribution in [0.5, 0.6) is 5.75 Å². The first-order chi connectivity index (χ1) is 9.31. The Balaban J connectivity index is 1.80. The fraction of sp³-hybridized carbons (Fsp3) is 0.533. The molecule has 1 aliphatic rings. The third-order valence-electron chi connectivity index (χ3n) is 3.65. The van der Waals surface area contributed by atoms with E-state index in [9.17, 15) is 4.79 Å². The first kappa shape index (κ1) is 13.9. The van der Waals surface area contributed by atoms with Gasteiger partial charge < -0.3 is 15.4 Å². The van der Waals surface area contributed by atoms with E-state index in [1.54, 1.807) is 13.2 Å². The number of hydrogen-bond donors (Lipinski definition) is 2. The number of methoxy groups -OCH3 is 1. The average Bonchev–Trinajstić information content (AvgIpc) is 2.48. The second kappa shape index (κ2) is 7.14. The van der Waals surface area contributed by atoms with Gasteiger partial charge in [-0.25, -0.2) is 0 Å². The van der Waals surface area contributed by atoms with Crippen molar-refractivity contribution in [3.8, 4) is 5.75 Å². The van der Waals surface area contributed by atoms with E-state index in [0.717, 1.165) is 32.0 Å². The molecule has 0 aliphatic carbocycles. The van der Waals surface area contributed by atoms with Gasteiger partial charge in [0.15, 0.2) is 0 Å². The third kappa shape index (κ3) is 3.96. The monoisotopic (exact) mass is 262 g/mol. The van der Waals surface area contributed by atoms with E-state index in [-0.39, 0.29) is 5.91 Å². The molecule has 19 heavy (non-hydrogen) atoms. The van der Waals surface area contributed by atoms with Gasteiger partial charge in [-0.2, -0.15) is 0 Å². The molecule has 0 radical (unpaired) electrons. The third-order valence-corrected chi connectivity index (χ3v) is 3.65. The lowest BCUT2D eigenvalue weighted by atomic mass is 9.95. The minimum absolute atomic E-state index is 0.0496. The van der Waals surface area contributed by atoms with E-state index >= 15 is 0 Å². The highest BCUT2D eigenvalue weighted by atomic mass is 16.5. The highest BCUT2D eigenvalue weighted by Gasteiger charge is 2.14. The van der Waals surface area contributed by atoms with Crippen molar-refractivity contribution in [1.29, 1.82) is 0 Å². The van der Waals surface area contributed by atoms with E-state index in [1.807, 2.05) is 18.2 Å². The number of piperidine rings is 1. The molecule has 4 nitrogen and oxygen atoms in total. The van der Waals surface area contributed by atoms with Gasteiger partial charge in [-0.3, -0.25) is 4.79 Å². The van der Waals surface area contributed by atoms with Crippen LogP contribution in [0.15, 0.2) is 24.3 Å². The molecule has 0 unspecified atom stereocenters. The Kier molecular flexibility index (Phi) is 5.21. The summed E-state index contributed by atoms with van der Waals surface area (Å²) < 4.78 is 5.19. The molecule has 0 saturated carbocycles. The molecule has 4 heteroatoms. The fourth-order valence-corrected chi connectivity index (χ4v) is 2.49. The predicted molar refractivity (Wildman–Crippen MR) is 75.5 cm³/mol. The summed E-state index contributed by atoms with van der Waals surface area (Å²) in [6.45, 7) is 2.94. The second-order valence-electron chi connectivity index (χ2n) is 4.94. The van der Waals surface area contributed by atoms with E-state index in [2.05, 4.69) is 10.6 Å². The Morgan fingerprint density at radius 1 is 1.37 bits per heavy atom. The maximum Gasteiger partial charge on any atom is 0.255 e. The highest BCUT2D eigenvalue weighted by molar-refractivity contribution is 5.96. The van der Waals surface area contributed by atoms with Gasteiger partial charge in [-0.1, -0.05) is 12.1 Å². The zero-order chi connectivity index (χ0) is 13.5. The van der Waals surface area contributed by atoms with Crippen molar-refractivity contribution >= 4 is 5.91 Å². The first-order valence-corrected chi connectivity index (χ1v) is 6.93. The van der Waals surface area contributed by atoms with Crippen LogP contribution in [-0.2, 0) is 0 Å². The van der Waals surface area contributed by atoms with Crippen LogP contribution >= 0.6 is 0 Å². The summed E-state index contributed by atoms with van der Waals surface area (Å²) in [4.78, 5) is 12.1. The average molecular weight is 262 g/mol. The van der Waals surface area contributed by atoms with Gasteiger partial charge in [-0.15, -0.1) is 0 Å². The molecule has 1 saturated heterocycles. The van der Waals surface area contributed by atoms with Crippen molar-refractivity contribution in [2.45, 2.75) is 19.3 Å². The standard InChI is InChI=1S/C15H22N2O2/c1-19-14-5-3-2-4-13(14)15(18)17-11-8-12-6-9-16-10-7-12/h2-5,12,16H,6-11H2,1H3,(H,17,18). The summed E-state index contributed by atoms with van der Waals surface area (Å²) in [5, 5.41) is 6.33. The Morgan fingerprint density at radius 2 is 2.11 bits per heavy atom. The maximum absolute atomic E-state index is 12.1. The number of para-hydroxylation sites is 1. The lowest BCUT2D eigenvalue weighted by Gasteiger charge is -2.22. The highest BCUT2D eigenvalue weighted by Crippen LogP contribution is 2.18. The van der Waals surface area contributed by atoms with Gasteiger partial charge in [0, 0.05) is 6.54 Å². The summed E-state index contributed by atoms with van der Waals surface area (Å²) in [7, 11) is 1.58. The van der Waals surface area contributed by atoms with Gasteiger partial charge in [-0.05, 0) is 50.4 Å². The summed E-state index contributed by atoms with van der Waals surface area (Å²) >= 11 is 0. The van der Waals surface area contributed by atoms with Crippen LogP contribution in [0.25, 0.3) is 0 Å². The minimum atomic E-state index is -0.0496. The van der Waals surface area contributed by atoms with Gasteiger partial charge in [0.05, 0.1) is 12.7 Å². The molecule has 0 spiro atoms. The number of nitrogens with one attached hydrogen (secondary N) is 2. The predicted octanol–water partition coefficient (Wildman–Crippen LogP) is 1.81. The molecule has 1 heterocycles. The second-order valence-corrected chi connectivity index (χ2v) is 4.94. The number of ether oxygens (including phenoxy) is 1. The minimum Gasteiger partial charge on any atom is -0.496 e. The number of carbonyl (C=O) groups excluding carboxylic acids is 1. The Morgan fingerprint density at radius 3 is 2.84 bits per heavy atom. The van der Waals surface area contributed by atoms with E-state index < -0.39 is 0 Å². The van der Waals surface area contributed by atoms with Crippen molar-refractivity contribution in [2.24, 2.45) is 5.92 Å². The van der Waals surface area contributed by atoms with Crippen molar-refractivity contribution in [1.82, 2.24) is 10.6 Å². The van der Waals surface area contributed by atoms with E-state index in [4.69, 9.17) is 4.74 Å².